The zero-order valence-electron chi connectivity index (χ0n) is 16.9. The van der Waals surface area contributed by atoms with Gasteiger partial charge in [-0.2, -0.15) is 4.94 Å². The Balaban J connectivity index is 1.50. The van der Waals surface area contributed by atoms with E-state index in [2.05, 4.69) is 4.94 Å². The maximum Gasteiger partial charge on any atom is 0.259 e. The molecular weight excluding hydrogens is 409 g/mol. The van der Waals surface area contributed by atoms with Crippen LogP contribution in [0.3, 0.4) is 0 Å². The number of nitrogens with zero attached hydrogens (tertiary/aromatic N) is 2. The number of rotatable bonds is 4. The van der Waals surface area contributed by atoms with Gasteiger partial charge in [-0.25, -0.2) is 8.78 Å². The number of hydrogen-bond acceptors (Lipinski definition) is 3. The summed E-state index contributed by atoms with van der Waals surface area (Å²) < 4.78 is 41.8. The topological polar surface area (TPSA) is 49.9 Å². The third-order valence-electron chi connectivity index (χ3n) is 6.25. The Bertz CT molecular complexity index is 962. The molecule has 2 aliphatic heterocycles. The SMILES string of the molecule is O=C(c1ccccc1)N1CCC(OF)(C(=O)N2CCC[C@H]2c2cc(F)ccc2F)CC1. The second-order valence-corrected chi connectivity index (χ2v) is 8.05. The van der Waals surface area contributed by atoms with Gasteiger partial charge in [0.1, 0.15) is 11.6 Å². The van der Waals surface area contributed by atoms with Crippen LogP contribution in [0.4, 0.5) is 13.3 Å². The van der Waals surface area contributed by atoms with Crippen LogP contribution in [0.2, 0.25) is 0 Å². The Morgan fingerprint density at radius 3 is 2.39 bits per heavy atom. The van der Waals surface area contributed by atoms with Crippen molar-refractivity contribution in [3.8, 4) is 0 Å². The number of hydrogen-bond donors (Lipinski definition) is 0. The van der Waals surface area contributed by atoms with Crippen LogP contribution < -0.4 is 0 Å². The summed E-state index contributed by atoms with van der Waals surface area (Å²) in [7, 11) is 0. The summed E-state index contributed by atoms with van der Waals surface area (Å²) in [4.78, 5) is 33.1. The van der Waals surface area contributed by atoms with E-state index >= 15 is 0 Å². The number of benzene rings is 2. The van der Waals surface area contributed by atoms with E-state index in [1.165, 1.54) is 4.90 Å². The molecular formula is C23H23F3N2O3. The van der Waals surface area contributed by atoms with Gasteiger partial charge in [-0.05, 0) is 47.7 Å². The fourth-order valence-electron chi connectivity index (χ4n) is 4.52. The lowest BCUT2D eigenvalue weighted by atomic mass is 9.88. The van der Waals surface area contributed by atoms with Gasteiger partial charge >= 0.3 is 0 Å². The zero-order chi connectivity index (χ0) is 22.0. The molecule has 2 amide bonds. The third kappa shape index (κ3) is 4.04. The van der Waals surface area contributed by atoms with E-state index in [0.717, 1.165) is 18.2 Å². The average Bonchev–Trinajstić information content (AvgIpc) is 3.30. The second kappa shape index (κ2) is 8.70. The molecule has 31 heavy (non-hydrogen) atoms. The quantitative estimate of drug-likeness (QED) is 0.728. The number of halogens is 3. The minimum atomic E-state index is -1.74. The summed E-state index contributed by atoms with van der Waals surface area (Å²) in [5.74, 6) is -1.99. The van der Waals surface area contributed by atoms with Crippen LogP contribution in [-0.2, 0) is 9.74 Å². The number of likely N-dealkylation sites (tertiary alicyclic amines) is 2. The molecule has 2 heterocycles. The number of amides is 2. The van der Waals surface area contributed by atoms with Crippen molar-refractivity contribution in [3.05, 3.63) is 71.3 Å². The molecule has 2 aromatic rings. The highest BCUT2D eigenvalue weighted by molar-refractivity contribution is 5.94. The summed E-state index contributed by atoms with van der Waals surface area (Å²) in [6.45, 7) is 0.601. The summed E-state index contributed by atoms with van der Waals surface area (Å²) in [5, 5.41) is 0. The van der Waals surface area contributed by atoms with E-state index < -0.39 is 29.2 Å². The molecule has 1 atom stereocenters. The summed E-state index contributed by atoms with van der Waals surface area (Å²) in [6.07, 6.45) is 1.01. The number of carbonyl (C=O) groups excluding carboxylic acids is 2. The van der Waals surface area contributed by atoms with E-state index in [1.54, 1.807) is 29.2 Å². The van der Waals surface area contributed by atoms with Crippen LogP contribution in [0, 0.1) is 11.6 Å². The van der Waals surface area contributed by atoms with Gasteiger partial charge in [-0.15, -0.1) is 0 Å². The molecule has 2 saturated heterocycles. The normalized spacial score (nSPS) is 20.7. The van der Waals surface area contributed by atoms with Gasteiger partial charge < -0.3 is 9.80 Å². The molecule has 0 radical (unpaired) electrons. The molecule has 0 unspecified atom stereocenters. The first-order valence-corrected chi connectivity index (χ1v) is 10.4. The summed E-state index contributed by atoms with van der Waals surface area (Å²) >= 11 is 0. The number of carbonyl (C=O) groups is 2. The van der Waals surface area contributed by atoms with E-state index in [4.69, 9.17) is 0 Å². The lowest BCUT2D eigenvalue weighted by molar-refractivity contribution is -0.248. The van der Waals surface area contributed by atoms with Crippen molar-refractivity contribution in [2.45, 2.75) is 37.3 Å². The lowest BCUT2D eigenvalue weighted by Gasteiger charge is -2.40. The van der Waals surface area contributed by atoms with E-state index in [9.17, 15) is 22.9 Å². The first kappa shape index (κ1) is 21.4. The smallest absolute Gasteiger partial charge is 0.259 e. The van der Waals surface area contributed by atoms with Crippen molar-refractivity contribution >= 4 is 11.8 Å². The van der Waals surface area contributed by atoms with Crippen molar-refractivity contribution in [1.29, 1.82) is 0 Å². The first-order chi connectivity index (χ1) is 14.9. The Morgan fingerprint density at radius 1 is 1.00 bits per heavy atom. The summed E-state index contributed by atoms with van der Waals surface area (Å²) in [5.41, 5.74) is -1.14. The van der Waals surface area contributed by atoms with Crippen LogP contribution in [0.5, 0.6) is 0 Å². The molecule has 0 spiro atoms. The lowest BCUT2D eigenvalue weighted by Crippen LogP contribution is -2.56. The maximum absolute atomic E-state index is 14.3. The van der Waals surface area contributed by atoms with Crippen LogP contribution in [0.15, 0.2) is 48.5 Å². The Morgan fingerprint density at radius 2 is 1.71 bits per heavy atom. The molecule has 0 aliphatic carbocycles. The Labute approximate surface area is 178 Å². The molecule has 0 saturated carbocycles. The predicted molar refractivity (Wildman–Crippen MR) is 107 cm³/mol. The van der Waals surface area contributed by atoms with E-state index in [0.29, 0.717) is 24.9 Å². The molecule has 0 N–H and O–H groups in total. The van der Waals surface area contributed by atoms with Crippen LogP contribution in [-0.4, -0.2) is 46.8 Å². The molecule has 2 aliphatic rings. The van der Waals surface area contributed by atoms with Gasteiger partial charge in [0.2, 0.25) is 0 Å². The average molecular weight is 432 g/mol. The standard InChI is InChI=1S/C23H23F3N2O3/c24-17-8-9-19(25)18(15-17)20-7-4-12-28(20)22(30)23(31-26)10-13-27(14-11-23)21(29)16-5-2-1-3-6-16/h1-3,5-6,8-9,15,20H,4,7,10-14H2/t20-/m0/s1. The predicted octanol–water partition coefficient (Wildman–Crippen LogP) is 4.20. The monoisotopic (exact) mass is 432 g/mol. The molecule has 4 rings (SSSR count). The van der Waals surface area contributed by atoms with Gasteiger partial charge in [-0.1, -0.05) is 18.2 Å². The van der Waals surface area contributed by atoms with Crippen LogP contribution in [0.25, 0.3) is 0 Å². The first-order valence-electron chi connectivity index (χ1n) is 10.4. The minimum absolute atomic E-state index is 0.0181. The third-order valence-corrected chi connectivity index (χ3v) is 6.25. The van der Waals surface area contributed by atoms with Gasteiger partial charge in [-0.3, -0.25) is 9.59 Å². The van der Waals surface area contributed by atoms with E-state index in [1.807, 2.05) is 6.07 Å². The summed E-state index contributed by atoms with van der Waals surface area (Å²) in [6, 6.07) is 11.2. The fourth-order valence-corrected chi connectivity index (χ4v) is 4.52. The van der Waals surface area contributed by atoms with Gasteiger partial charge in [0.15, 0.2) is 5.60 Å². The van der Waals surface area contributed by atoms with Crippen molar-refractivity contribution in [3.63, 3.8) is 0 Å². The van der Waals surface area contributed by atoms with Crippen molar-refractivity contribution < 1.29 is 27.8 Å². The highest BCUT2D eigenvalue weighted by Crippen LogP contribution is 2.39. The molecule has 164 valence electrons. The van der Waals surface area contributed by atoms with Crippen molar-refractivity contribution in [1.82, 2.24) is 9.80 Å². The van der Waals surface area contributed by atoms with Crippen LogP contribution >= 0.6 is 0 Å². The molecule has 2 fully saturated rings. The fraction of sp³-hybridized carbons (Fsp3) is 0.391. The minimum Gasteiger partial charge on any atom is -0.338 e. The molecule has 8 heteroatoms. The largest absolute Gasteiger partial charge is 0.338 e. The van der Waals surface area contributed by atoms with E-state index in [-0.39, 0.29) is 37.4 Å². The number of piperidine rings is 1. The molecule has 0 aromatic heterocycles. The van der Waals surface area contributed by atoms with Gasteiger partial charge in [0, 0.05) is 43.6 Å². The Kier molecular flexibility index (Phi) is 6.00. The van der Waals surface area contributed by atoms with Gasteiger partial charge in [0.05, 0.1) is 6.04 Å². The highest BCUT2D eigenvalue weighted by atomic mass is 19.3. The molecule has 0 bridgehead atoms. The zero-order valence-corrected chi connectivity index (χ0v) is 16.9. The van der Waals surface area contributed by atoms with Crippen molar-refractivity contribution in [2.75, 3.05) is 19.6 Å². The molecule has 2 aromatic carbocycles. The van der Waals surface area contributed by atoms with Crippen molar-refractivity contribution in [2.24, 2.45) is 0 Å². The Hall–Kier alpha value is -2.87. The van der Waals surface area contributed by atoms with Gasteiger partial charge in [0.25, 0.3) is 11.8 Å². The van der Waals surface area contributed by atoms with Crippen LogP contribution in [0.1, 0.15) is 47.6 Å². The maximum atomic E-state index is 14.3. The molecule has 5 nitrogen and oxygen atoms in total. The second-order valence-electron chi connectivity index (χ2n) is 8.05. The highest BCUT2D eigenvalue weighted by Gasteiger charge is 2.49.